The van der Waals surface area contributed by atoms with Crippen LogP contribution in [0.2, 0.25) is 0 Å². The Morgan fingerprint density at radius 2 is 1.05 bits per heavy atom. The molecule has 202 valence electrons. The van der Waals surface area contributed by atoms with E-state index < -0.39 is 33.1 Å². The first-order valence-corrected chi connectivity index (χ1v) is 12.9. The van der Waals surface area contributed by atoms with Crippen molar-refractivity contribution in [3.8, 4) is 17.2 Å². The number of aromatic carboxylic acids is 1. The van der Waals surface area contributed by atoms with Crippen LogP contribution in [-0.4, -0.2) is 98.5 Å². The number of hydrogen-bond acceptors (Lipinski definition) is 10. The van der Waals surface area contributed by atoms with E-state index in [0.717, 1.165) is 6.07 Å². The molecule has 12 nitrogen and oxygen atoms in total. The van der Waals surface area contributed by atoms with Gasteiger partial charge in [0.25, 0.3) is 10.1 Å². The van der Waals surface area contributed by atoms with Crippen molar-refractivity contribution in [3.63, 3.8) is 0 Å². The van der Waals surface area contributed by atoms with Gasteiger partial charge in [-0.15, -0.1) is 20.5 Å². The van der Waals surface area contributed by atoms with Crippen LogP contribution in [0.5, 0.6) is 17.2 Å². The molecule has 0 heterocycles. The standard InChI is InChI=1S/C27H18N4O8S.2Na/c32-22-13-12-21(26(34)24(22)27(35)36)31-29-19-11-10-18(14-4-1-2-5-15(14)19)28-30-20-9-8-16-17(25(20)33)6-3-7-23(16)40(37,38)39;;/h1-13,32-34H,(H,35,36)(H,37,38,39);;. The van der Waals surface area contributed by atoms with E-state index in [4.69, 9.17) is 0 Å². The molecule has 0 fully saturated rings. The van der Waals surface area contributed by atoms with Crippen molar-refractivity contribution in [1.29, 1.82) is 0 Å². The van der Waals surface area contributed by atoms with Crippen molar-refractivity contribution in [1.82, 2.24) is 0 Å². The minimum absolute atomic E-state index is 0. The van der Waals surface area contributed by atoms with Crippen LogP contribution in [0, 0.1) is 0 Å². The number of carboxylic acid groups (broad SMARTS) is 1. The summed E-state index contributed by atoms with van der Waals surface area (Å²) in [5, 5.41) is 57.8. The topological polar surface area (TPSA) is 202 Å². The molecule has 0 aromatic heterocycles. The number of nitrogens with zero attached hydrogens (tertiary/aromatic N) is 4. The van der Waals surface area contributed by atoms with Crippen molar-refractivity contribution in [2.45, 2.75) is 4.90 Å². The second-order valence-electron chi connectivity index (χ2n) is 8.44. The Balaban J connectivity index is 0.00000242. The van der Waals surface area contributed by atoms with Gasteiger partial charge >= 0.3 is 5.97 Å². The number of carboxylic acids is 1. The van der Waals surface area contributed by atoms with Gasteiger partial charge in [0, 0.05) is 80.7 Å². The summed E-state index contributed by atoms with van der Waals surface area (Å²) in [4.78, 5) is 11.0. The smallest absolute Gasteiger partial charge is 0.343 e. The number of benzene rings is 5. The van der Waals surface area contributed by atoms with E-state index in [2.05, 4.69) is 20.5 Å². The molecule has 5 rings (SSSR count). The van der Waals surface area contributed by atoms with Gasteiger partial charge in [-0.2, -0.15) is 8.42 Å². The molecule has 0 saturated heterocycles. The van der Waals surface area contributed by atoms with Crippen molar-refractivity contribution in [2.75, 3.05) is 0 Å². The molecule has 0 aliphatic carbocycles. The van der Waals surface area contributed by atoms with Crippen LogP contribution in [0.1, 0.15) is 10.4 Å². The number of aromatic hydroxyl groups is 3. The van der Waals surface area contributed by atoms with E-state index >= 15 is 0 Å². The minimum Gasteiger partial charge on any atom is -0.507 e. The summed E-state index contributed by atoms with van der Waals surface area (Å²) >= 11 is 0. The number of azo groups is 2. The average molecular weight is 605 g/mol. The average Bonchev–Trinajstić information content (AvgIpc) is 2.92. The molecule has 0 bridgehead atoms. The first-order valence-electron chi connectivity index (χ1n) is 11.4. The zero-order chi connectivity index (χ0) is 28.6. The van der Waals surface area contributed by atoms with E-state index in [1.54, 1.807) is 36.4 Å². The van der Waals surface area contributed by atoms with Crippen LogP contribution in [0.15, 0.2) is 104 Å². The maximum Gasteiger partial charge on any atom is 0.343 e. The first-order chi connectivity index (χ1) is 19.1. The van der Waals surface area contributed by atoms with E-state index in [1.807, 2.05) is 0 Å². The molecule has 0 spiro atoms. The number of carbonyl (C=O) groups is 1. The summed E-state index contributed by atoms with van der Waals surface area (Å²) in [6.07, 6.45) is 0. The molecule has 0 amide bonds. The van der Waals surface area contributed by atoms with E-state index in [0.29, 0.717) is 22.1 Å². The minimum atomic E-state index is -4.51. The van der Waals surface area contributed by atoms with Crippen molar-refractivity contribution in [2.24, 2.45) is 20.5 Å². The van der Waals surface area contributed by atoms with Gasteiger partial charge in [0.15, 0.2) is 11.5 Å². The quantitative estimate of drug-likeness (QED) is 0.0865. The second kappa shape index (κ2) is 13.3. The van der Waals surface area contributed by atoms with Crippen molar-refractivity contribution < 1.29 is 38.2 Å². The Morgan fingerprint density at radius 3 is 1.60 bits per heavy atom. The number of phenols is 3. The van der Waals surface area contributed by atoms with Gasteiger partial charge in [-0.1, -0.05) is 42.5 Å². The molecule has 0 atom stereocenters. The summed E-state index contributed by atoms with van der Waals surface area (Å²) in [5.41, 5.74) is -0.0216. The van der Waals surface area contributed by atoms with E-state index in [-0.39, 0.29) is 91.9 Å². The van der Waals surface area contributed by atoms with Crippen molar-refractivity contribution in [3.05, 3.63) is 84.4 Å². The summed E-state index contributed by atoms with van der Waals surface area (Å²) in [6.45, 7) is 0. The van der Waals surface area contributed by atoms with Gasteiger partial charge in [-0.25, -0.2) is 4.79 Å². The van der Waals surface area contributed by atoms with Gasteiger partial charge < -0.3 is 20.4 Å². The Labute approximate surface area is 282 Å². The first kappa shape index (κ1) is 33.1. The predicted molar refractivity (Wildman–Crippen MR) is 156 cm³/mol. The monoisotopic (exact) mass is 604 g/mol. The maximum absolute atomic E-state index is 11.7. The Bertz CT molecular complexity index is 2020. The molecular weight excluding hydrogens is 586 g/mol. The van der Waals surface area contributed by atoms with Crippen LogP contribution in [0.4, 0.5) is 22.7 Å². The SMILES string of the molecule is O=C(O)c1c(O)ccc(N=Nc2ccc(N=Nc3ccc4c(S(=O)(=O)O)cccc4c3O)c3ccccc23)c1O.[Na].[Na]. The molecule has 0 unspecified atom stereocenters. The van der Waals surface area contributed by atoms with Crippen molar-refractivity contribution >= 4 is 119 Å². The van der Waals surface area contributed by atoms with Gasteiger partial charge in [0.2, 0.25) is 0 Å². The third-order valence-corrected chi connectivity index (χ3v) is 6.92. The van der Waals surface area contributed by atoms with Gasteiger partial charge in [0.1, 0.15) is 27.6 Å². The largest absolute Gasteiger partial charge is 0.507 e. The molecule has 0 aliphatic rings. The molecule has 15 heteroatoms. The third-order valence-electron chi connectivity index (χ3n) is 6.01. The van der Waals surface area contributed by atoms with Crippen LogP contribution in [0.3, 0.4) is 0 Å². The molecule has 5 N–H and O–H groups in total. The van der Waals surface area contributed by atoms with Crippen LogP contribution < -0.4 is 0 Å². The van der Waals surface area contributed by atoms with Crippen LogP contribution in [0.25, 0.3) is 21.5 Å². The summed E-state index contributed by atoms with van der Waals surface area (Å²) in [5.74, 6) is -3.19. The maximum atomic E-state index is 11.7. The Morgan fingerprint density at radius 1 is 0.571 bits per heavy atom. The molecule has 2 radical (unpaired) electrons. The molecule has 0 saturated carbocycles. The number of phenolic OH excluding ortho intramolecular Hbond substituents is 1. The number of rotatable bonds is 6. The van der Waals surface area contributed by atoms with Crippen LogP contribution >= 0.6 is 0 Å². The third kappa shape index (κ3) is 6.48. The summed E-state index contributed by atoms with van der Waals surface area (Å²) in [6, 6.07) is 19.4. The normalized spacial score (nSPS) is 11.5. The molecule has 5 aromatic rings. The van der Waals surface area contributed by atoms with E-state index in [1.165, 1.54) is 36.4 Å². The molecular formula is C27H18N4Na2O8S. The fourth-order valence-electron chi connectivity index (χ4n) is 4.13. The van der Waals surface area contributed by atoms with Crippen LogP contribution in [-0.2, 0) is 10.1 Å². The molecule has 5 aromatic carbocycles. The Hall–Kier alpha value is -3.40. The zero-order valence-corrected chi connectivity index (χ0v) is 27.0. The summed E-state index contributed by atoms with van der Waals surface area (Å²) in [7, 11) is -4.51. The number of hydrogen-bond donors (Lipinski definition) is 5. The predicted octanol–water partition coefficient (Wildman–Crippen LogP) is 6.12. The van der Waals surface area contributed by atoms with Gasteiger partial charge in [0.05, 0.1) is 11.4 Å². The zero-order valence-electron chi connectivity index (χ0n) is 22.2. The van der Waals surface area contributed by atoms with E-state index in [9.17, 15) is 38.2 Å². The fourth-order valence-corrected chi connectivity index (χ4v) is 4.83. The molecule has 0 aliphatic heterocycles. The van der Waals surface area contributed by atoms with Gasteiger partial charge in [-0.3, -0.25) is 4.55 Å². The Kier molecular flexibility index (Phi) is 10.5. The fraction of sp³-hybridized carbons (Fsp3) is 0. The van der Waals surface area contributed by atoms with Gasteiger partial charge in [-0.05, 0) is 36.4 Å². The number of fused-ring (bicyclic) bond motifs is 2. The summed E-state index contributed by atoms with van der Waals surface area (Å²) < 4.78 is 32.8. The molecule has 42 heavy (non-hydrogen) atoms. The second-order valence-corrected chi connectivity index (χ2v) is 9.83.